The molecule has 0 unspecified atom stereocenters. The summed E-state index contributed by atoms with van der Waals surface area (Å²) in [5.74, 6) is 0.772. The molecule has 1 aliphatic carbocycles. The van der Waals surface area contributed by atoms with E-state index in [9.17, 15) is 43.2 Å². The Balaban J connectivity index is 0.000000198. The molecular weight excluding hydrogens is 984 g/mol. The average Bonchev–Trinajstić information content (AvgIpc) is 4.02. The Labute approximate surface area is 417 Å². The van der Waals surface area contributed by atoms with Gasteiger partial charge in [0.1, 0.15) is 0 Å². The van der Waals surface area contributed by atoms with Gasteiger partial charge >= 0.3 is 31.8 Å². The molecule has 1 saturated carbocycles. The van der Waals surface area contributed by atoms with Crippen LogP contribution < -0.4 is 20.1 Å². The Morgan fingerprint density at radius 2 is 1.00 bits per heavy atom. The fourth-order valence-electron chi connectivity index (χ4n) is 8.66. The number of para-hydroxylation sites is 2. The van der Waals surface area contributed by atoms with Crippen molar-refractivity contribution in [3.8, 4) is 22.3 Å². The van der Waals surface area contributed by atoms with Gasteiger partial charge in [-0.25, -0.2) is 0 Å². The zero-order chi connectivity index (χ0) is 51.2. The van der Waals surface area contributed by atoms with Crippen molar-refractivity contribution in [3.63, 3.8) is 0 Å². The van der Waals surface area contributed by atoms with Gasteiger partial charge in [-0.1, -0.05) is 97.8 Å². The van der Waals surface area contributed by atoms with Crippen LogP contribution in [-0.4, -0.2) is 46.8 Å². The summed E-state index contributed by atoms with van der Waals surface area (Å²) in [6, 6.07) is 40.5. The topological polar surface area (TPSA) is 120 Å². The third-order valence-corrected chi connectivity index (χ3v) is 14.2. The van der Waals surface area contributed by atoms with Gasteiger partial charge in [0.25, 0.3) is 0 Å². The Morgan fingerprint density at radius 3 is 1.46 bits per heavy atom. The molecule has 1 atom stereocenters. The summed E-state index contributed by atoms with van der Waals surface area (Å²) in [4.78, 5) is 0. The van der Waals surface area contributed by atoms with E-state index in [-0.39, 0.29) is 6.04 Å². The molecule has 2 fully saturated rings. The standard InChI is InChI=1S/C26H28F3N3O2S.C21H24F3N.C6H6ClNO2S/c1-19-13-22(16-23(14-19)26(27,28)29)21-8-5-7-20(15-21)17-30-18-25-11-6-12-32(25)35(33,34)31-24-9-3-2-4-10-24;1-15-9-19(12-20(10-15)21(22,23)24)18-8-4-7-17(11-18)14-25-13-16-5-2-3-6-16;7-11(9,10)8-6-4-2-1-3-5-6/h2-5,7-10,13-16,25,30-31H,6,11-12,17-18H2,1H3;4,7-12,16,25H,2-3,5-6,13-14H2,1H3;1-5,8H/t25-;;/m0../s1. The van der Waals surface area contributed by atoms with E-state index in [4.69, 9.17) is 10.7 Å². The first kappa shape index (κ1) is 54.9. The van der Waals surface area contributed by atoms with E-state index in [0.717, 1.165) is 54.6 Å². The molecule has 1 aliphatic heterocycles. The molecule has 71 heavy (non-hydrogen) atoms. The molecule has 6 aromatic rings. The third-order valence-electron chi connectivity index (χ3n) is 11.9. The van der Waals surface area contributed by atoms with Crippen LogP contribution in [0.25, 0.3) is 22.3 Å². The van der Waals surface area contributed by atoms with Gasteiger partial charge in [-0.2, -0.15) is 47.5 Å². The van der Waals surface area contributed by atoms with Crippen molar-refractivity contribution in [1.82, 2.24) is 14.9 Å². The first-order valence-corrected chi connectivity index (χ1v) is 27.0. The maximum Gasteiger partial charge on any atom is 0.416 e. The monoisotopic (exact) mass is 1040 g/mol. The molecule has 9 nitrogen and oxygen atoms in total. The fraction of sp³-hybridized carbons (Fsp3) is 0.321. The predicted octanol–water partition coefficient (Wildman–Crippen LogP) is 13.1. The number of hydrogen-bond acceptors (Lipinski definition) is 6. The molecule has 0 amide bonds. The molecule has 2 aliphatic rings. The molecule has 8 rings (SSSR count). The minimum absolute atomic E-state index is 0.175. The summed E-state index contributed by atoms with van der Waals surface area (Å²) < 4.78 is 132. The summed E-state index contributed by atoms with van der Waals surface area (Å²) >= 11 is 0. The SMILES string of the molecule is Cc1cc(-c2cccc(CNCC3CCCC3)c2)cc(C(F)(F)F)c1.Cc1cc(-c2cccc(CNC[C@@H]3CCCN3S(=O)(=O)Nc3ccccc3)c2)cc(C(F)(F)F)c1.O=S(=O)(Cl)Nc1ccccc1. The number of hydrogen-bond donors (Lipinski definition) is 4. The highest BCUT2D eigenvalue weighted by molar-refractivity contribution is 8.14. The number of halogens is 7. The number of aryl methyl sites for hydroxylation is 2. The van der Waals surface area contributed by atoms with Crippen LogP contribution in [0.3, 0.4) is 0 Å². The van der Waals surface area contributed by atoms with Crippen molar-refractivity contribution < 1.29 is 43.2 Å². The molecule has 380 valence electrons. The average molecular weight is 1040 g/mol. The van der Waals surface area contributed by atoms with Gasteiger partial charge in [-0.3, -0.25) is 9.44 Å². The second-order valence-electron chi connectivity index (χ2n) is 17.8. The molecule has 0 radical (unpaired) electrons. The number of benzene rings is 6. The van der Waals surface area contributed by atoms with Gasteiger partial charge in [-0.15, -0.1) is 0 Å². The first-order valence-electron chi connectivity index (χ1n) is 23.2. The minimum atomic E-state index is -4.40. The summed E-state index contributed by atoms with van der Waals surface area (Å²) in [6.45, 7) is 6.53. The fourth-order valence-corrected chi connectivity index (χ4v) is 10.8. The molecule has 1 saturated heterocycles. The normalized spacial score (nSPS) is 15.6. The molecule has 1 heterocycles. The number of nitrogens with zero attached hydrogens (tertiary/aromatic N) is 1. The Kier molecular flexibility index (Phi) is 19.2. The second-order valence-corrected chi connectivity index (χ2v) is 21.7. The lowest BCUT2D eigenvalue weighted by Gasteiger charge is -2.25. The number of alkyl halides is 6. The quantitative estimate of drug-likeness (QED) is 0.0601. The van der Waals surface area contributed by atoms with E-state index in [0.29, 0.717) is 58.8 Å². The van der Waals surface area contributed by atoms with E-state index in [1.165, 1.54) is 48.2 Å². The summed E-state index contributed by atoms with van der Waals surface area (Å²) in [5, 5.41) is 6.81. The van der Waals surface area contributed by atoms with Crippen LogP contribution in [0.5, 0.6) is 0 Å². The van der Waals surface area contributed by atoms with Crippen molar-refractivity contribution in [2.75, 3.05) is 29.1 Å². The lowest BCUT2D eigenvalue weighted by Crippen LogP contribution is -2.44. The van der Waals surface area contributed by atoms with E-state index >= 15 is 0 Å². The first-order chi connectivity index (χ1) is 33.6. The molecular formula is C53H58ClF6N5O4S2. The molecule has 0 spiro atoms. The van der Waals surface area contributed by atoms with Gasteiger partial charge in [0, 0.05) is 54.3 Å². The van der Waals surface area contributed by atoms with Crippen LogP contribution in [-0.2, 0) is 44.9 Å². The van der Waals surface area contributed by atoms with E-state index in [1.807, 2.05) is 48.5 Å². The predicted molar refractivity (Wildman–Crippen MR) is 272 cm³/mol. The lowest BCUT2D eigenvalue weighted by molar-refractivity contribution is -0.138. The van der Waals surface area contributed by atoms with Crippen molar-refractivity contribution >= 4 is 41.5 Å². The van der Waals surface area contributed by atoms with Crippen molar-refractivity contribution in [2.24, 2.45) is 5.92 Å². The van der Waals surface area contributed by atoms with Crippen LogP contribution in [0.1, 0.15) is 71.9 Å². The number of anilines is 2. The van der Waals surface area contributed by atoms with Gasteiger partial charge in [0.05, 0.1) is 11.1 Å². The van der Waals surface area contributed by atoms with Crippen LogP contribution in [0.15, 0.2) is 146 Å². The van der Waals surface area contributed by atoms with Crippen molar-refractivity contribution in [2.45, 2.75) is 83.9 Å². The summed E-state index contributed by atoms with van der Waals surface area (Å²) in [5.41, 5.74) is 5.57. The zero-order valence-corrected chi connectivity index (χ0v) is 41.7. The van der Waals surface area contributed by atoms with Gasteiger partial charge in [0.2, 0.25) is 0 Å². The summed E-state index contributed by atoms with van der Waals surface area (Å²) in [6.07, 6.45) is -1.91. The maximum atomic E-state index is 13.2. The number of nitrogens with one attached hydrogen (secondary N) is 4. The van der Waals surface area contributed by atoms with Crippen molar-refractivity contribution in [3.05, 3.63) is 179 Å². The molecule has 0 aromatic heterocycles. The molecule has 18 heteroatoms. The highest BCUT2D eigenvalue weighted by Crippen LogP contribution is 2.35. The molecule has 6 aromatic carbocycles. The Bertz CT molecular complexity index is 2890. The zero-order valence-electron chi connectivity index (χ0n) is 39.3. The van der Waals surface area contributed by atoms with E-state index < -0.39 is 42.9 Å². The number of rotatable bonds is 15. The van der Waals surface area contributed by atoms with E-state index in [2.05, 4.69) is 20.1 Å². The smallest absolute Gasteiger partial charge is 0.312 e. The van der Waals surface area contributed by atoms with Gasteiger partial charge in [0.15, 0.2) is 0 Å². The maximum absolute atomic E-state index is 13.2. The van der Waals surface area contributed by atoms with Crippen LogP contribution in [0.4, 0.5) is 37.7 Å². The lowest BCUT2D eigenvalue weighted by atomic mass is 9.98. The molecule has 0 bridgehead atoms. The Hall–Kier alpha value is -5.43. The third kappa shape index (κ3) is 17.7. The van der Waals surface area contributed by atoms with Gasteiger partial charge in [-0.05, 0) is 157 Å². The second kappa shape index (κ2) is 24.8. The summed E-state index contributed by atoms with van der Waals surface area (Å²) in [7, 11) is -2.40. The van der Waals surface area contributed by atoms with Crippen LogP contribution >= 0.6 is 10.7 Å². The highest BCUT2D eigenvalue weighted by atomic mass is 35.7. The molecule has 4 N–H and O–H groups in total. The van der Waals surface area contributed by atoms with Gasteiger partial charge < -0.3 is 10.6 Å². The Morgan fingerprint density at radius 1 is 0.535 bits per heavy atom. The largest absolute Gasteiger partial charge is 0.416 e. The highest BCUT2D eigenvalue weighted by Gasteiger charge is 2.34. The van der Waals surface area contributed by atoms with E-state index in [1.54, 1.807) is 86.6 Å². The van der Waals surface area contributed by atoms with Crippen molar-refractivity contribution in [1.29, 1.82) is 0 Å². The van der Waals surface area contributed by atoms with Crippen LogP contribution in [0, 0.1) is 19.8 Å². The minimum Gasteiger partial charge on any atom is -0.312 e. The van der Waals surface area contributed by atoms with Crippen LogP contribution in [0.2, 0.25) is 0 Å².